The van der Waals surface area contributed by atoms with Crippen molar-refractivity contribution in [3.63, 3.8) is 0 Å². The van der Waals surface area contributed by atoms with Crippen molar-refractivity contribution in [3.8, 4) is 11.5 Å². The van der Waals surface area contributed by atoms with Gasteiger partial charge in [-0.05, 0) is 36.6 Å². The molecular formula is C24H24N2O4. The van der Waals surface area contributed by atoms with Gasteiger partial charge < -0.3 is 19.4 Å². The van der Waals surface area contributed by atoms with E-state index in [4.69, 9.17) is 9.47 Å². The quantitative estimate of drug-likeness (QED) is 0.636. The first-order valence-corrected chi connectivity index (χ1v) is 10.5. The molecule has 1 aliphatic heterocycles. The lowest BCUT2D eigenvalue weighted by Gasteiger charge is -2.11. The summed E-state index contributed by atoms with van der Waals surface area (Å²) in [5.41, 5.74) is 2.59. The molecule has 6 heteroatoms. The van der Waals surface area contributed by atoms with Crippen LogP contribution in [0.1, 0.15) is 35.2 Å². The fraction of sp³-hybridized carbons (Fsp3) is 0.333. The Kier molecular flexibility index (Phi) is 4.91. The van der Waals surface area contributed by atoms with Crippen molar-refractivity contribution in [3.05, 3.63) is 59.8 Å². The third-order valence-electron chi connectivity index (χ3n) is 5.62. The minimum Gasteiger partial charge on any atom is -0.490 e. The number of rotatable bonds is 6. The summed E-state index contributed by atoms with van der Waals surface area (Å²) in [6.07, 6.45) is 4.62. The minimum atomic E-state index is -0.103. The molecule has 154 valence electrons. The topological polar surface area (TPSA) is 69.6 Å². The van der Waals surface area contributed by atoms with E-state index in [1.807, 2.05) is 53.2 Å². The SMILES string of the molecule is O=C(Cn1cc(C(=O)C2CC2)c2ccccc21)NCc1ccc2c(c1)OCCCO2. The third kappa shape index (κ3) is 3.77. The largest absolute Gasteiger partial charge is 0.490 e. The van der Waals surface area contributed by atoms with Crippen LogP contribution in [0.15, 0.2) is 48.7 Å². The van der Waals surface area contributed by atoms with Crippen molar-refractivity contribution in [1.29, 1.82) is 0 Å². The number of hydrogen-bond acceptors (Lipinski definition) is 4. The van der Waals surface area contributed by atoms with Crippen molar-refractivity contribution in [1.82, 2.24) is 9.88 Å². The van der Waals surface area contributed by atoms with Crippen LogP contribution in [0.2, 0.25) is 0 Å². The molecular weight excluding hydrogens is 380 g/mol. The number of amides is 1. The van der Waals surface area contributed by atoms with Crippen molar-refractivity contribution in [2.24, 2.45) is 5.92 Å². The number of hydrogen-bond donors (Lipinski definition) is 1. The minimum absolute atomic E-state index is 0.103. The summed E-state index contributed by atoms with van der Waals surface area (Å²) in [5.74, 6) is 1.71. The van der Waals surface area contributed by atoms with Crippen molar-refractivity contribution in [2.45, 2.75) is 32.4 Å². The summed E-state index contributed by atoms with van der Waals surface area (Å²) in [5, 5.41) is 3.89. The number of nitrogens with one attached hydrogen (secondary N) is 1. The summed E-state index contributed by atoms with van der Waals surface area (Å²) in [7, 11) is 0. The maximum absolute atomic E-state index is 12.6. The van der Waals surface area contributed by atoms with Gasteiger partial charge in [-0.1, -0.05) is 24.3 Å². The van der Waals surface area contributed by atoms with Gasteiger partial charge in [0.25, 0.3) is 0 Å². The number of carbonyl (C=O) groups is 2. The van der Waals surface area contributed by atoms with Gasteiger partial charge in [0.2, 0.25) is 5.91 Å². The molecule has 2 heterocycles. The number of benzene rings is 2. The summed E-state index contributed by atoms with van der Waals surface area (Å²) in [6, 6.07) is 13.5. The summed E-state index contributed by atoms with van der Waals surface area (Å²) in [6.45, 7) is 1.86. The van der Waals surface area contributed by atoms with Crippen molar-refractivity contribution < 1.29 is 19.1 Å². The van der Waals surface area contributed by atoms with Crippen molar-refractivity contribution >= 4 is 22.6 Å². The molecule has 1 N–H and O–H groups in total. The van der Waals surface area contributed by atoms with Crippen molar-refractivity contribution in [2.75, 3.05) is 13.2 Å². The van der Waals surface area contributed by atoms with Gasteiger partial charge in [0.05, 0.1) is 13.2 Å². The van der Waals surface area contributed by atoms with E-state index in [-0.39, 0.29) is 24.2 Å². The van der Waals surface area contributed by atoms with E-state index in [9.17, 15) is 9.59 Å². The number of ether oxygens (including phenoxy) is 2. The summed E-state index contributed by atoms with van der Waals surface area (Å²) >= 11 is 0. The number of Topliss-reactive ketones (excluding diaryl/α,β-unsaturated/α-hetero) is 1. The molecule has 1 aliphatic carbocycles. The predicted molar refractivity (Wildman–Crippen MR) is 113 cm³/mol. The number of carbonyl (C=O) groups excluding carboxylic acids is 2. The van der Waals surface area contributed by atoms with Gasteiger partial charge >= 0.3 is 0 Å². The standard InChI is InChI=1S/C24H24N2O4/c27-23(25-13-16-6-9-21-22(12-16)30-11-3-10-29-21)15-26-14-19(24(28)17-7-8-17)18-4-1-2-5-20(18)26/h1-2,4-6,9,12,14,17H,3,7-8,10-11,13,15H2,(H,25,27). The monoisotopic (exact) mass is 404 g/mol. The van der Waals surface area contributed by atoms with Gasteiger partial charge in [-0.2, -0.15) is 0 Å². The first-order chi connectivity index (χ1) is 14.7. The summed E-state index contributed by atoms with van der Waals surface area (Å²) < 4.78 is 13.2. The molecule has 1 amide bonds. The highest BCUT2D eigenvalue weighted by Crippen LogP contribution is 2.35. The average molecular weight is 404 g/mol. The number of nitrogens with zero attached hydrogens (tertiary/aromatic N) is 1. The number of fused-ring (bicyclic) bond motifs is 2. The summed E-state index contributed by atoms with van der Waals surface area (Å²) in [4.78, 5) is 25.3. The van der Waals surface area contributed by atoms with Crippen LogP contribution < -0.4 is 14.8 Å². The lowest BCUT2D eigenvalue weighted by atomic mass is 10.1. The van der Waals surface area contributed by atoms with Gasteiger partial charge in [0.15, 0.2) is 17.3 Å². The molecule has 0 atom stereocenters. The van der Waals surface area contributed by atoms with Gasteiger partial charge in [0.1, 0.15) is 6.54 Å². The zero-order valence-electron chi connectivity index (χ0n) is 16.7. The first kappa shape index (κ1) is 18.7. The second-order valence-electron chi connectivity index (χ2n) is 7.93. The molecule has 2 aromatic carbocycles. The Hall–Kier alpha value is -3.28. The Labute approximate surface area is 174 Å². The Bertz CT molecular complexity index is 1110. The maximum atomic E-state index is 12.6. The van der Waals surface area contributed by atoms with E-state index >= 15 is 0 Å². The first-order valence-electron chi connectivity index (χ1n) is 10.5. The molecule has 2 aliphatic rings. The highest BCUT2D eigenvalue weighted by molar-refractivity contribution is 6.10. The van der Waals surface area contributed by atoms with Crippen LogP contribution in [-0.4, -0.2) is 29.5 Å². The second-order valence-corrected chi connectivity index (χ2v) is 7.93. The third-order valence-corrected chi connectivity index (χ3v) is 5.62. The van der Waals surface area contributed by atoms with Crippen LogP contribution in [0.25, 0.3) is 10.9 Å². The molecule has 1 aromatic heterocycles. The van der Waals surface area contributed by atoms with E-state index in [1.165, 1.54) is 0 Å². The van der Waals surface area contributed by atoms with E-state index in [0.717, 1.165) is 52.8 Å². The fourth-order valence-electron chi connectivity index (χ4n) is 3.87. The number of ketones is 1. The molecule has 6 nitrogen and oxygen atoms in total. The number of para-hydroxylation sites is 1. The van der Waals surface area contributed by atoms with Gasteiger partial charge in [-0.3, -0.25) is 9.59 Å². The molecule has 0 bridgehead atoms. The van der Waals surface area contributed by atoms with Crippen LogP contribution in [0.5, 0.6) is 11.5 Å². The molecule has 0 radical (unpaired) electrons. The Balaban J connectivity index is 1.28. The molecule has 1 fully saturated rings. The highest BCUT2D eigenvalue weighted by Gasteiger charge is 2.32. The second kappa shape index (κ2) is 7.86. The highest BCUT2D eigenvalue weighted by atomic mass is 16.5. The van der Waals surface area contributed by atoms with Gasteiger partial charge in [-0.15, -0.1) is 0 Å². The lowest BCUT2D eigenvalue weighted by molar-refractivity contribution is -0.121. The Morgan fingerprint density at radius 2 is 1.83 bits per heavy atom. The van der Waals surface area contributed by atoms with Crippen LogP contribution in [0.3, 0.4) is 0 Å². The fourth-order valence-corrected chi connectivity index (χ4v) is 3.87. The smallest absolute Gasteiger partial charge is 0.240 e. The normalized spacial score (nSPS) is 15.6. The van der Waals surface area contributed by atoms with Crippen LogP contribution in [-0.2, 0) is 17.9 Å². The average Bonchev–Trinajstić information content (AvgIpc) is 3.58. The van der Waals surface area contributed by atoms with Crippen LogP contribution in [0, 0.1) is 5.92 Å². The Morgan fingerprint density at radius 3 is 2.67 bits per heavy atom. The maximum Gasteiger partial charge on any atom is 0.240 e. The molecule has 3 aromatic rings. The van der Waals surface area contributed by atoms with E-state index in [2.05, 4.69) is 5.32 Å². The van der Waals surface area contributed by atoms with Gasteiger partial charge in [0, 0.05) is 41.5 Å². The van der Waals surface area contributed by atoms with Crippen LogP contribution in [0.4, 0.5) is 0 Å². The molecule has 30 heavy (non-hydrogen) atoms. The lowest BCUT2D eigenvalue weighted by Crippen LogP contribution is -2.26. The predicted octanol–water partition coefficient (Wildman–Crippen LogP) is 3.71. The van der Waals surface area contributed by atoms with E-state index < -0.39 is 0 Å². The zero-order valence-corrected chi connectivity index (χ0v) is 16.7. The molecule has 1 saturated carbocycles. The molecule has 0 saturated heterocycles. The molecule has 5 rings (SSSR count). The number of aromatic nitrogens is 1. The zero-order chi connectivity index (χ0) is 20.5. The van der Waals surface area contributed by atoms with Crippen LogP contribution >= 0.6 is 0 Å². The molecule has 0 spiro atoms. The molecule has 0 unspecified atom stereocenters. The van der Waals surface area contributed by atoms with E-state index in [1.54, 1.807) is 0 Å². The van der Waals surface area contributed by atoms with Gasteiger partial charge in [-0.25, -0.2) is 0 Å². The van der Waals surface area contributed by atoms with E-state index in [0.29, 0.717) is 19.8 Å². The Morgan fingerprint density at radius 1 is 1.03 bits per heavy atom.